The summed E-state index contributed by atoms with van der Waals surface area (Å²) in [4.78, 5) is 28.8. The Hall–Kier alpha value is -1.10. The van der Waals surface area contributed by atoms with Gasteiger partial charge in [0.2, 0.25) is 11.8 Å². The molecule has 4 saturated carbocycles. The van der Waals surface area contributed by atoms with Crippen LogP contribution in [-0.4, -0.2) is 48.9 Å². The highest BCUT2D eigenvalue weighted by molar-refractivity contribution is 5.91. The van der Waals surface area contributed by atoms with Crippen LogP contribution in [0.4, 0.5) is 0 Å². The van der Waals surface area contributed by atoms with Crippen molar-refractivity contribution >= 4 is 11.8 Å². The molecule has 6 aliphatic rings. The molecule has 1 atom stereocenters. The number of piperidine rings is 1. The molecule has 4 bridgehead atoms. The van der Waals surface area contributed by atoms with Crippen LogP contribution in [0.25, 0.3) is 0 Å². The Labute approximate surface area is 169 Å². The van der Waals surface area contributed by atoms with Gasteiger partial charge in [-0.3, -0.25) is 9.59 Å². The lowest BCUT2D eigenvalue weighted by molar-refractivity contribution is -0.160. The molecule has 0 aromatic rings. The minimum Gasteiger partial charge on any atom is -0.354 e. The lowest BCUT2D eigenvalue weighted by Gasteiger charge is -2.56. The summed E-state index contributed by atoms with van der Waals surface area (Å²) in [5.74, 6) is 2.73. The number of amides is 2. The van der Waals surface area contributed by atoms with Gasteiger partial charge in [-0.25, -0.2) is 0 Å². The third kappa shape index (κ3) is 3.28. The highest BCUT2D eigenvalue weighted by Gasteiger charge is 2.56. The van der Waals surface area contributed by atoms with Crippen molar-refractivity contribution in [2.45, 2.75) is 77.2 Å². The molecule has 0 spiro atoms. The molecule has 0 radical (unpaired) electrons. The quantitative estimate of drug-likeness (QED) is 0.780. The number of carbonyl (C=O) groups excluding carboxylic acids is 2. The molecule has 2 aliphatic heterocycles. The van der Waals surface area contributed by atoms with Gasteiger partial charge in [-0.15, -0.1) is 0 Å². The summed E-state index contributed by atoms with van der Waals surface area (Å²) < 4.78 is 0. The first-order valence-electron chi connectivity index (χ1n) is 11.8. The van der Waals surface area contributed by atoms with Gasteiger partial charge in [0.1, 0.15) is 6.04 Å². The molecule has 28 heavy (non-hydrogen) atoms. The average molecular weight is 388 g/mol. The predicted molar refractivity (Wildman–Crippen MR) is 109 cm³/mol. The van der Waals surface area contributed by atoms with Crippen LogP contribution in [0, 0.1) is 28.6 Å². The van der Waals surface area contributed by atoms with Gasteiger partial charge in [-0.1, -0.05) is 6.92 Å². The summed E-state index contributed by atoms with van der Waals surface area (Å²) in [6, 6.07) is -0.231. The van der Waals surface area contributed by atoms with Crippen molar-refractivity contribution in [2.75, 3.05) is 26.2 Å². The number of carbonyl (C=O) groups is 2. The topological polar surface area (TPSA) is 61.4 Å². The van der Waals surface area contributed by atoms with E-state index in [1.54, 1.807) is 0 Å². The van der Waals surface area contributed by atoms with Crippen molar-refractivity contribution < 1.29 is 9.59 Å². The summed E-state index contributed by atoms with van der Waals surface area (Å²) in [6.45, 7) is 5.86. The minimum absolute atomic E-state index is 0.0929. The maximum Gasteiger partial charge on any atom is 0.242 e. The minimum atomic E-state index is -0.231. The normalized spacial score (nSPS) is 41.2. The second kappa shape index (κ2) is 7.00. The van der Waals surface area contributed by atoms with Crippen molar-refractivity contribution in [1.29, 1.82) is 0 Å². The highest BCUT2D eigenvalue weighted by atomic mass is 16.2. The lowest BCUT2D eigenvalue weighted by atomic mass is 9.49. The fraction of sp³-hybridized carbons (Fsp3) is 0.913. The van der Waals surface area contributed by atoms with Crippen molar-refractivity contribution in [2.24, 2.45) is 28.6 Å². The van der Waals surface area contributed by atoms with Crippen molar-refractivity contribution in [3.05, 3.63) is 0 Å². The third-order valence-corrected chi connectivity index (χ3v) is 8.81. The van der Waals surface area contributed by atoms with E-state index in [0.717, 1.165) is 88.9 Å². The number of rotatable bonds is 4. The molecular formula is C23H37N3O2. The number of likely N-dealkylation sites (tertiary alicyclic amines) is 1. The number of nitrogens with one attached hydrogen (secondary N) is 2. The smallest absolute Gasteiger partial charge is 0.242 e. The van der Waals surface area contributed by atoms with Gasteiger partial charge in [-0.05, 0) is 100 Å². The van der Waals surface area contributed by atoms with E-state index in [0.29, 0.717) is 5.91 Å². The maximum absolute atomic E-state index is 13.7. The van der Waals surface area contributed by atoms with Crippen molar-refractivity contribution in [3.8, 4) is 0 Å². The van der Waals surface area contributed by atoms with Gasteiger partial charge in [0.05, 0.1) is 5.41 Å². The maximum atomic E-state index is 13.7. The lowest BCUT2D eigenvalue weighted by Crippen LogP contribution is -2.57. The SMILES string of the molecule is CC1(CNC(=O)C2CCCN2C(=O)C23CC4CC(CC(C4)C2)C3)CCNCC1. The van der Waals surface area contributed by atoms with E-state index in [2.05, 4.69) is 17.6 Å². The fourth-order valence-corrected chi connectivity index (χ4v) is 7.59. The highest BCUT2D eigenvalue weighted by Crippen LogP contribution is 2.60. The van der Waals surface area contributed by atoms with Crippen LogP contribution in [0.3, 0.4) is 0 Å². The fourth-order valence-electron chi connectivity index (χ4n) is 7.59. The van der Waals surface area contributed by atoms with Gasteiger partial charge < -0.3 is 15.5 Å². The molecule has 2 N–H and O–H groups in total. The molecule has 2 amide bonds. The summed E-state index contributed by atoms with van der Waals surface area (Å²) in [5.41, 5.74) is 0.0624. The van der Waals surface area contributed by atoms with E-state index >= 15 is 0 Å². The van der Waals surface area contributed by atoms with E-state index in [9.17, 15) is 9.59 Å². The van der Waals surface area contributed by atoms with Crippen LogP contribution in [0.15, 0.2) is 0 Å². The van der Waals surface area contributed by atoms with Crippen LogP contribution < -0.4 is 10.6 Å². The van der Waals surface area contributed by atoms with Crippen molar-refractivity contribution in [3.63, 3.8) is 0 Å². The number of hydrogen-bond donors (Lipinski definition) is 2. The zero-order valence-electron chi connectivity index (χ0n) is 17.5. The molecule has 4 aliphatic carbocycles. The molecule has 5 nitrogen and oxygen atoms in total. The Morgan fingerprint density at radius 3 is 2.25 bits per heavy atom. The Kier molecular flexibility index (Phi) is 4.72. The Bertz CT molecular complexity index is 604. The van der Waals surface area contributed by atoms with Gasteiger partial charge >= 0.3 is 0 Å². The van der Waals surface area contributed by atoms with Gasteiger partial charge in [0.15, 0.2) is 0 Å². The zero-order valence-corrected chi connectivity index (χ0v) is 17.5. The molecule has 2 saturated heterocycles. The van der Waals surface area contributed by atoms with Gasteiger partial charge in [-0.2, -0.15) is 0 Å². The number of nitrogens with zero attached hydrogens (tertiary/aromatic N) is 1. The van der Waals surface area contributed by atoms with Crippen LogP contribution in [0.2, 0.25) is 0 Å². The average Bonchev–Trinajstić information content (AvgIpc) is 3.15. The molecule has 6 fully saturated rings. The van der Waals surface area contributed by atoms with E-state index in [-0.39, 0.29) is 22.8 Å². The van der Waals surface area contributed by atoms with Crippen LogP contribution >= 0.6 is 0 Å². The summed E-state index contributed by atoms with van der Waals surface area (Å²) in [7, 11) is 0. The molecule has 6 rings (SSSR count). The zero-order chi connectivity index (χ0) is 19.4. The summed E-state index contributed by atoms with van der Waals surface area (Å²) in [6.07, 6.45) is 11.3. The van der Waals surface area contributed by atoms with E-state index in [1.807, 2.05) is 4.90 Å². The first-order chi connectivity index (χ1) is 13.5. The molecular weight excluding hydrogens is 350 g/mol. The summed E-state index contributed by atoms with van der Waals surface area (Å²) >= 11 is 0. The Morgan fingerprint density at radius 1 is 1.04 bits per heavy atom. The molecule has 156 valence electrons. The van der Waals surface area contributed by atoms with E-state index < -0.39 is 0 Å². The molecule has 0 aromatic carbocycles. The molecule has 0 aromatic heterocycles. The molecule has 1 unspecified atom stereocenters. The second-order valence-corrected chi connectivity index (χ2v) is 11.1. The van der Waals surface area contributed by atoms with Gasteiger partial charge in [0, 0.05) is 13.1 Å². The van der Waals surface area contributed by atoms with Crippen LogP contribution in [0.5, 0.6) is 0 Å². The molecule has 2 heterocycles. The Morgan fingerprint density at radius 2 is 1.64 bits per heavy atom. The van der Waals surface area contributed by atoms with E-state index in [4.69, 9.17) is 0 Å². The monoisotopic (exact) mass is 387 g/mol. The van der Waals surface area contributed by atoms with Gasteiger partial charge in [0.25, 0.3) is 0 Å². The van der Waals surface area contributed by atoms with E-state index in [1.165, 1.54) is 19.3 Å². The Balaban J connectivity index is 1.25. The largest absolute Gasteiger partial charge is 0.354 e. The third-order valence-electron chi connectivity index (χ3n) is 8.81. The van der Waals surface area contributed by atoms with Crippen molar-refractivity contribution in [1.82, 2.24) is 15.5 Å². The second-order valence-electron chi connectivity index (χ2n) is 11.1. The first-order valence-corrected chi connectivity index (χ1v) is 11.8. The van der Waals surface area contributed by atoms with Crippen LogP contribution in [-0.2, 0) is 9.59 Å². The molecule has 5 heteroatoms. The predicted octanol–water partition coefficient (Wildman–Crippen LogP) is 2.70. The standard InChI is InChI=1S/C23H37N3O2/c1-22(4-6-24-7-5-22)15-25-20(27)19-3-2-8-26(19)21(28)23-12-16-9-17(13-23)11-18(10-16)14-23/h16-19,24H,2-15H2,1H3,(H,25,27). The summed E-state index contributed by atoms with van der Waals surface area (Å²) in [5, 5.41) is 6.63. The van der Waals surface area contributed by atoms with Crippen LogP contribution in [0.1, 0.15) is 71.1 Å². The number of hydrogen-bond acceptors (Lipinski definition) is 3. The first kappa shape index (κ1) is 18.9.